The van der Waals surface area contributed by atoms with E-state index in [1.807, 2.05) is 13.8 Å². The number of hydrogen-bond donors (Lipinski definition) is 2. The number of Topliss-reactive ketones (excluding diaryl/α,β-unsaturated/α-hetero) is 1. The van der Waals surface area contributed by atoms with Crippen molar-refractivity contribution in [3.8, 4) is 0 Å². The topological polar surface area (TPSA) is 58.2 Å². The van der Waals surface area contributed by atoms with Crippen LogP contribution in [-0.2, 0) is 4.79 Å². The highest BCUT2D eigenvalue weighted by Gasteiger charge is 2.17. The summed E-state index contributed by atoms with van der Waals surface area (Å²) in [5.74, 6) is -0.392. The molecule has 0 aliphatic rings. The van der Waals surface area contributed by atoms with Crippen molar-refractivity contribution in [1.29, 1.82) is 0 Å². The molecule has 0 heterocycles. The lowest BCUT2D eigenvalue weighted by Gasteiger charge is -2.16. The first-order chi connectivity index (χ1) is 8.41. The Hall–Kier alpha value is -1.55. The zero-order chi connectivity index (χ0) is 13.7. The van der Waals surface area contributed by atoms with Crippen molar-refractivity contribution in [2.75, 3.05) is 5.32 Å². The molecule has 0 spiro atoms. The Balaban J connectivity index is 2.78. The van der Waals surface area contributed by atoms with E-state index in [2.05, 4.69) is 10.6 Å². The Labute approximate surface area is 112 Å². The van der Waals surface area contributed by atoms with Gasteiger partial charge in [-0.05, 0) is 32.9 Å². The predicted octanol–water partition coefficient (Wildman–Crippen LogP) is 2.39. The molecule has 1 aromatic carbocycles. The number of anilines is 1. The van der Waals surface area contributed by atoms with Gasteiger partial charge in [0.15, 0.2) is 11.3 Å². The molecule has 0 aliphatic heterocycles. The van der Waals surface area contributed by atoms with Gasteiger partial charge in [0.05, 0.1) is 0 Å². The summed E-state index contributed by atoms with van der Waals surface area (Å²) in [5.41, 5.74) is 0.164. The molecule has 1 atom stereocenters. The largest absolute Gasteiger partial charge is 0.361 e. The van der Waals surface area contributed by atoms with Crippen LogP contribution in [0.1, 0.15) is 31.1 Å². The highest BCUT2D eigenvalue weighted by molar-refractivity contribution is 6.32. The molecule has 0 fully saturated rings. The third-order valence-electron chi connectivity index (χ3n) is 2.25. The summed E-state index contributed by atoms with van der Waals surface area (Å²) in [7, 11) is 0. The van der Waals surface area contributed by atoms with E-state index in [1.54, 1.807) is 24.3 Å². The van der Waals surface area contributed by atoms with Gasteiger partial charge in [0.25, 0.3) is 5.91 Å². The van der Waals surface area contributed by atoms with Crippen molar-refractivity contribution in [2.24, 2.45) is 0 Å². The van der Waals surface area contributed by atoms with Gasteiger partial charge in [0.1, 0.15) is 0 Å². The zero-order valence-corrected chi connectivity index (χ0v) is 11.4. The van der Waals surface area contributed by atoms with Gasteiger partial charge >= 0.3 is 0 Å². The quantitative estimate of drug-likeness (QED) is 0.490. The van der Waals surface area contributed by atoms with Gasteiger partial charge in [-0.25, -0.2) is 0 Å². The fraction of sp³-hybridized carbons (Fsp3) is 0.385. The van der Waals surface area contributed by atoms with Crippen molar-refractivity contribution < 1.29 is 9.59 Å². The number of para-hydroxylation sites is 1. The van der Waals surface area contributed by atoms with Crippen molar-refractivity contribution in [1.82, 2.24) is 5.32 Å². The van der Waals surface area contributed by atoms with Crippen LogP contribution >= 0.6 is 11.6 Å². The number of hydrogen-bond acceptors (Lipinski definition) is 3. The second-order valence-corrected chi connectivity index (χ2v) is 4.71. The van der Waals surface area contributed by atoms with Crippen LogP contribution in [-0.4, -0.2) is 23.2 Å². The lowest BCUT2D eigenvalue weighted by molar-refractivity contribution is -0.120. The van der Waals surface area contributed by atoms with Gasteiger partial charge < -0.3 is 10.6 Å². The molecule has 0 aromatic heterocycles. The number of rotatable bonds is 5. The molecule has 2 N–H and O–H groups in total. The van der Waals surface area contributed by atoms with Crippen molar-refractivity contribution >= 4 is 29.0 Å². The average molecular weight is 269 g/mol. The van der Waals surface area contributed by atoms with E-state index in [4.69, 9.17) is 11.6 Å². The van der Waals surface area contributed by atoms with Gasteiger partial charge in [-0.15, -0.1) is 0 Å². The number of benzene rings is 1. The van der Waals surface area contributed by atoms with Gasteiger partial charge in [-0.2, -0.15) is 0 Å². The highest BCUT2D eigenvalue weighted by atomic mass is 35.5. The van der Waals surface area contributed by atoms with E-state index >= 15 is 0 Å². The summed E-state index contributed by atoms with van der Waals surface area (Å²) in [6.45, 7) is 5.17. The van der Waals surface area contributed by atoms with Crippen LogP contribution in [0.25, 0.3) is 0 Å². The van der Waals surface area contributed by atoms with E-state index in [-0.39, 0.29) is 17.7 Å². The van der Waals surface area contributed by atoms with Gasteiger partial charge in [-0.1, -0.05) is 23.7 Å². The standard InChI is InChI=1S/C13H17ClN2O2/c1-8(2)15-13(18)12(14)16-11-7-5-4-6-10(11)9(3)17/h4-8,12,16H,1-3H3,(H,15,18). The second kappa shape index (κ2) is 6.40. The lowest BCUT2D eigenvalue weighted by atomic mass is 10.1. The Morgan fingerprint density at radius 1 is 1.22 bits per heavy atom. The second-order valence-electron chi connectivity index (χ2n) is 4.27. The van der Waals surface area contributed by atoms with Crippen molar-refractivity contribution in [3.05, 3.63) is 29.8 Å². The molecule has 18 heavy (non-hydrogen) atoms. The number of carbonyl (C=O) groups is 2. The monoisotopic (exact) mass is 268 g/mol. The van der Waals surface area contributed by atoms with Gasteiger partial charge in [0.2, 0.25) is 0 Å². The highest BCUT2D eigenvalue weighted by Crippen LogP contribution is 2.17. The van der Waals surface area contributed by atoms with E-state index in [1.165, 1.54) is 6.92 Å². The smallest absolute Gasteiger partial charge is 0.258 e. The minimum atomic E-state index is -0.909. The Bertz CT molecular complexity index is 446. The van der Waals surface area contributed by atoms with Crippen LogP contribution < -0.4 is 10.6 Å². The number of alkyl halides is 1. The van der Waals surface area contributed by atoms with Crippen LogP contribution in [0.2, 0.25) is 0 Å². The Morgan fingerprint density at radius 3 is 2.39 bits per heavy atom. The zero-order valence-electron chi connectivity index (χ0n) is 10.7. The molecule has 1 unspecified atom stereocenters. The first-order valence-corrected chi connectivity index (χ1v) is 6.16. The van der Waals surface area contributed by atoms with Crippen LogP contribution in [0.15, 0.2) is 24.3 Å². The van der Waals surface area contributed by atoms with Gasteiger partial charge in [-0.3, -0.25) is 9.59 Å². The van der Waals surface area contributed by atoms with Crippen LogP contribution in [0, 0.1) is 0 Å². The molecule has 4 nitrogen and oxygen atoms in total. The number of amides is 1. The van der Waals surface area contributed by atoms with Crippen molar-refractivity contribution in [2.45, 2.75) is 32.3 Å². The summed E-state index contributed by atoms with van der Waals surface area (Å²) < 4.78 is 0. The molecule has 1 amide bonds. The summed E-state index contributed by atoms with van der Waals surface area (Å²) >= 11 is 5.95. The summed E-state index contributed by atoms with van der Waals surface area (Å²) in [5, 5.41) is 5.52. The normalized spacial score (nSPS) is 12.1. The van der Waals surface area contributed by atoms with Crippen LogP contribution in [0.5, 0.6) is 0 Å². The molecule has 0 aliphatic carbocycles. The number of carbonyl (C=O) groups excluding carboxylic acids is 2. The molecule has 0 bridgehead atoms. The fourth-order valence-electron chi connectivity index (χ4n) is 1.48. The number of nitrogens with one attached hydrogen (secondary N) is 2. The molecule has 1 aromatic rings. The maximum absolute atomic E-state index is 11.6. The Morgan fingerprint density at radius 2 is 1.83 bits per heavy atom. The third kappa shape index (κ3) is 4.04. The molecule has 0 saturated carbocycles. The summed E-state index contributed by atoms with van der Waals surface area (Å²) in [6.07, 6.45) is 0. The van der Waals surface area contributed by atoms with E-state index in [0.29, 0.717) is 11.3 Å². The first kappa shape index (κ1) is 14.5. The van der Waals surface area contributed by atoms with Crippen molar-refractivity contribution in [3.63, 3.8) is 0 Å². The summed E-state index contributed by atoms with van der Waals surface area (Å²) in [4.78, 5) is 23.1. The third-order valence-corrected chi connectivity index (χ3v) is 2.56. The molecular weight excluding hydrogens is 252 g/mol. The minimum Gasteiger partial charge on any atom is -0.361 e. The molecule has 0 saturated heterocycles. The minimum absolute atomic E-state index is 0.0172. The lowest BCUT2D eigenvalue weighted by Crippen LogP contribution is -2.39. The molecule has 0 radical (unpaired) electrons. The van der Waals surface area contributed by atoms with E-state index < -0.39 is 5.50 Å². The first-order valence-electron chi connectivity index (χ1n) is 5.72. The SMILES string of the molecule is CC(=O)c1ccccc1NC(Cl)C(=O)NC(C)C. The molecule has 98 valence electrons. The number of halogens is 1. The molecule has 1 rings (SSSR count). The summed E-state index contributed by atoms with van der Waals surface area (Å²) in [6, 6.07) is 6.96. The van der Waals surface area contributed by atoms with Gasteiger partial charge in [0, 0.05) is 17.3 Å². The fourth-order valence-corrected chi connectivity index (χ4v) is 1.66. The predicted molar refractivity (Wildman–Crippen MR) is 73.0 cm³/mol. The molecule has 5 heteroatoms. The van der Waals surface area contributed by atoms with E-state index in [9.17, 15) is 9.59 Å². The van der Waals surface area contributed by atoms with Crippen LogP contribution in [0.4, 0.5) is 5.69 Å². The molecular formula is C13H17ClN2O2. The van der Waals surface area contributed by atoms with E-state index in [0.717, 1.165) is 0 Å². The average Bonchev–Trinajstić information content (AvgIpc) is 2.28. The maximum Gasteiger partial charge on any atom is 0.258 e. The Kier molecular flexibility index (Phi) is 5.16. The van der Waals surface area contributed by atoms with Crippen LogP contribution in [0.3, 0.4) is 0 Å². The number of ketones is 1. The maximum atomic E-state index is 11.6.